The second-order valence-corrected chi connectivity index (χ2v) is 7.44. The molecular weight excluding hydrogens is 402 g/mol. The lowest BCUT2D eigenvalue weighted by molar-refractivity contribution is -0.134. The van der Waals surface area contributed by atoms with Crippen LogP contribution in [0.5, 0.6) is 0 Å². The van der Waals surface area contributed by atoms with Crippen LogP contribution in [0.2, 0.25) is 0 Å². The largest absolute Gasteiger partial charge is 0.478 e. The van der Waals surface area contributed by atoms with E-state index >= 15 is 0 Å². The van der Waals surface area contributed by atoms with Crippen molar-refractivity contribution in [2.45, 2.75) is 12.8 Å². The van der Waals surface area contributed by atoms with Crippen molar-refractivity contribution in [2.24, 2.45) is 0 Å². The summed E-state index contributed by atoms with van der Waals surface area (Å²) in [4.78, 5) is 22.6. The van der Waals surface area contributed by atoms with Gasteiger partial charge >= 0.3 is 11.9 Å². The van der Waals surface area contributed by atoms with E-state index in [1.54, 1.807) is 11.3 Å². The maximum absolute atomic E-state index is 9.55. The lowest BCUT2D eigenvalue weighted by atomic mass is 10.1. The molecule has 8 heteroatoms. The summed E-state index contributed by atoms with van der Waals surface area (Å²) >= 11 is 1.58. The Morgan fingerprint density at radius 1 is 1.10 bits per heavy atom. The Labute approximate surface area is 179 Å². The predicted molar refractivity (Wildman–Crippen MR) is 120 cm³/mol. The molecule has 2 aromatic rings. The first-order valence-corrected chi connectivity index (χ1v) is 10.3. The number of benzene rings is 1. The molecule has 0 aliphatic carbocycles. The van der Waals surface area contributed by atoms with E-state index in [4.69, 9.17) is 15.6 Å². The number of carboxylic acids is 2. The van der Waals surface area contributed by atoms with Crippen LogP contribution in [-0.4, -0.2) is 52.5 Å². The van der Waals surface area contributed by atoms with Gasteiger partial charge in [0.25, 0.3) is 0 Å². The minimum Gasteiger partial charge on any atom is -0.478 e. The number of hydrogen-bond donors (Lipinski definition) is 4. The number of nitrogens with one attached hydrogen (secondary N) is 2. The van der Waals surface area contributed by atoms with Gasteiger partial charge in [0.15, 0.2) is 0 Å². The Kier molecular flexibility index (Phi) is 9.50. The lowest BCUT2D eigenvalue weighted by Crippen LogP contribution is -2.29. The number of anilines is 1. The lowest BCUT2D eigenvalue weighted by Gasteiger charge is -2.22. The SMILES string of the molecule is N=C(Nc1ccc(CCN2CC=CCC2)cc1)c1cccs1.O=C(O)/C=C/C(=O)O. The minimum absolute atomic E-state index is 0.461. The molecule has 4 N–H and O–H groups in total. The molecule has 1 aliphatic rings. The first kappa shape index (κ1) is 23.1. The topological polar surface area (TPSA) is 114 Å². The molecule has 0 spiro atoms. The highest BCUT2D eigenvalue weighted by Gasteiger charge is 2.06. The fourth-order valence-electron chi connectivity index (χ4n) is 2.70. The third kappa shape index (κ3) is 8.85. The van der Waals surface area contributed by atoms with Gasteiger partial charge in [-0.25, -0.2) is 9.59 Å². The van der Waals surface area contributed by atoms with E-state index in [9.17, 15) is 9.59 Å². The average molecular weight is 428 g/mol. The van der Waals surface area contributed by atoms with E-state index in [0.29, 0.717) is 18.0 Å². The van der Waals surface area contributed by atoms with Crippen LogP contribution in [0.1, 0.15) is 16.9 Å². The van der Waals surface area contributed by atoms with Gasteiger partial charge in [0.05, 0.1) is 4.88 Å². The van der Waals surface area contributed by atoms with Crippen molar-refractivity contribution < 1.29 is 19.8 Å². The van der Waals surface area contributed by atoms with Crippen molar-refractivity contribution in [1.82, 2.24) is 4.90 Å². The molecule has 0 radical (unpaired) electrons. The molecule has 0 fully saturated rings. The van der Waals surface area contributed by atoms with Crippen molar-refractivity contribution >= 4 is 34.8 Å². The number of hydrogen-bond acceptors (Lipinski definition) is 5. The number of aliphatic carboxylic acids is 2. The summed E-state index contributed by atoms with van der Waals surface area (Å²) in [6.07, 6.45) is 7.89. The molecule has 0 unspecified atom stereocenters. The highest BCUT2D eigenvalue weighted by Crippen LogP contribution is 2.15. The number of rotatable bonds is 7. The Balaban J connectivity index is 0.000000343. The summed E-state index contributed by atoms with van der Waals surface area (Å²) in [5.41, 5.74) is 2.32. The molecule has 0 saturated carbocycles. The van der Waals surface area contributed by atoms with Gasteiger partial charge < -0.3 is 15.5 Å². The van der Waals surface area contributed by atoms with Gasteiger partial charge in [0, 0.05) is 37.5 Å². The molecule has 0 atom stereocenters. The van der Waals surface area contributed by atoms with Crippen molar-refractivity contribution in [1.29, 1.82) is 5.41 Å². The summed E-state index contributed by atoms with van der Waals surface area (Å²) in [7, 11) is 0. The van der Waals surface area contributed by atoms with Crippen LogP contribution < -0.4 is 5.32 Å². The van der Waals surface area contributed by atoms with E-state index in [1.165, 1.54) is 18.5 Å². The smallest absolute Gasteiger partial charge is 0.328 e. The van der Waals surface area contributed by atoms with Crippen molar-refractivity contribution in [2.75, 3.05) is 25.0 Å². The average Bonchev–Trinajstić information content (AvgIpc) is 3.28. The fraction of sp³-hybridized carbons (Fsp3) is 0.227. The van der Waals surface area contributed by atoms with Gasteiger partial charge in [-0.1, -0.05) is 30.4 Å². The minimum atomic E-state index is -1.26. The molecule has 0 bridgehead atoms. The second kappa shape index (κ2) is 12.4. The number of thiophene rings is 1. The molecule has 0 saturated heterocycles. The predicted octanol–water partition coefficient (Wildman–Crippen LogP) is 3.70. The molecule has 3 rings (SSSR count). The summed E-state index contributed by atoms with van der Waals surface area (Å²) in [5.74, 6) is -2.05. The zero-order valence-electron chi connectivity index (χ0n) is 16.5. The second-order valence-electron chi connectivity index (χ2n) is 6.49. The molecule has 1 aliphatic heterocycles. The van der Waals surface area contributed by atoms with Gasteiger partial charge in [-0.15, -0.1) is 11.3 Å². The summed E-state index contributed by atoms with van der Waals surface area (Å²) in [5, 5.41) is 28.8. The standard InChI is InChI=1S/C18H21N3S.C4H4O4/c19-18(17-5-4-14-22-17)20-16-8-6-15(7-9-16)10-13-21-11-2-1-3-12-21;5-3(6)1-2-4(7)8/h1-2,4-9,14H,3,10-13H2,(H2,19,20);1-2H,(H,5,6)(H,7,8)/b;2-1+. The molecular formula is C22H25N3O4S. The molecule has 158 valence electrons. The number of nitrogens with zero attached hydrogens (tertiary/aromatic N) is 1. The van der Waals surface area contributed by atoms with E-state index in [0.717, 1.165) is 30.1 Å². The highest BCUT2D eigenvalue weighted by atomic mass is 32.1. The van der Waals surface area contributed by atoms with Gasteiger partial charge in [0.1, 0.15) is 5.84 Å². The summed E-state index contributed by atoms with van der Waals surface area (Å²) in [6, 6.07) is 12.4. The first-order valence-electron chi connectivity index (χ1n) is 9.43. The van der Waals surface area contributed by atoms with Crippen LogP contribution in [0.4, 0.5) is 5.69 Å². The zero-order valence-corrected chi connectivity index (χ0v) is 17.3. The normalized spacial score (nSPS) is 13.5. The van der Waals surface area contributed by atoms with Gasteiger partial charge in [-0.3, -0.25) is 10.3 Å². The number of carbonyl (C=O) groups is 2. The fourth-order valence-corrected chi connectivity index (χ4v) is 3.33. The van der Waals surface area contributed by atoms with Crippen molar-refractivity contribution in [3.05, 3.63) is 76.5 Å². The molecule has 0 amide bonds. The van der Waals surface area contributed by atoms with Crippen LogP contribution >= 0.6 is 11.3 Å². The van der Waals surface area contributed by atoms with E-state index < -0.39 is 11.9 Å². The van der Waals surface area contributed by atoms with Crippen LogP contribution in [0, 0.1) is 5.41 Å². The van der Waals surface area contributed by atoms with Gasteiger partial charge in [-0.05, 0) is 42.0 Å². The monoisotopic (exact) mass is 427 g/mol. The van der Waals surface area contributed by atoms with Gasteiger partial charge in [-0.2, -0.15) is 0 Å². The third-order valence-electron chi connectivity index (χ3n) is 4.22. The molecule has 2 heterocycles. The number of carboxylic acid groups (broad SMARTS) is 2. The van der Waals surface area contributed by atoms with E-state index in [-0.39, 0.29) is 0 Å². The molecule has 1 aromatic heterocycles. The summed E-state index contributed by atoms with van der Waals surface area (Å²) < 4.78 is 0. The van der Waals surface area contributed by atoms with Crippen LogP contribution in [0.3, 0.4) is 0 Å². The first-order chi connectivity index (χ1) is 14.4. The Bertz CT molecular complexity index is 874. The third-order valence-corrected chi connectivity index (χ3v) is 5.11. The summed E-state index contributed by atoms with van der Waals surface area (Å²) in [6.45, 7) is 3.37. The molecule has 30 heavy (non-hydrogen) atoms. The quantitative estimate of drug-likeness (QED) is 0.232. The van der Waals surface area contributed by atoms with Crippen molar-refractivity contribution in [3.8, 4) is 0 Å². The molecule has 1 aromatic carbocycles. The maximum atomic E-state index is 9.55. The number of amidine groups is 1. The van der Waals surface area contributed by atoms with Crippen LogP contribution in [0.15, 0.2) is 66.1 Å². The van der Waals surface area contributed by atoms with Crippen molar-refractivity contribution in [3.63, 3.8) is 0 Å². The Morgan fingerprint density at radius 2 is 1.80 bits per heavy atom. The van der Waals surface area contributed by atoms with E-state index in [2.05, 4.69) is 46.6 Å². The highest BCUT2D eigenvalue weighted by molar-refractivity contribution is 7.12. The van der Waals surface area contributed by atoms with Crippen LogP contribution in [-0.2, 0) is 16.0 Å². The van der Waals surface area contributed by atoms with E-state index in [1.807, 2.05) is 17.5 Å². The zero-order chi connectivity index (χ0) is 21.8. The van der Waals surface area contributed by atoms with Gasteiger partial charge in [0.2, 0.25) is 0 Å². The maximum Gasteiger partial charge on any atom is 0.328 e. The Hall–Kier alpha value is -3.23. The molecule has 7 nitrogen and oxygen atoms in total. The van der Waals surface area contributed by atoms with Crippen LogP contribution in [0.25, 0.3) is 0 Å². The Morgan fingerprint density at radius 3 is 2.33 bits per heavy atom.